The number of carbonyl (C=O) groups excluding carboxylic acids is 1. The summed E-state index contributed by atoms with van der Waals surface area (Å²) >= 11 is 3.30. The number of pyridine rings is 1. The Morgan fingerprint density at radius 3 is 2.67 bits per heavy atom. The standard InChI is InChI=1S/C12H19BrN4O/c1-12(2,3)7-17(4)11(18)9-5-8(13)6-15-10(9)16-14/h5-6H,7,14H2,1-4H3,(H,15,16). The Balaban J connectivity index is 2.99. The van der Waals surface area contributed by atoms with E-state index in [-0.39, 0.29) is 11.3 Å². The third kappa shape index (κ3) is 3.96. The van der Waals surface area contributed by atoms with Gasteiger partial charge in [-0.3, -0.25) is 4.79 Å². The van der Waals surface area contributed by atoms with E-state index in [2.05, 4.69) is 47.1 Å². The molecule has 3 N–H and O–H groups in total. The van der Waals surface area contributed by atoms with E-state index >= 15 is 0 Å². The van der Waals surface area contributed by atoms with Gasteiger partial charge in [0, 0.05) is 24.3 Å². The number of rotatable bonds is 3. The molecule has 0 fully saturated rings. The number of hydrazine groups is 1. The molecular weight excluding hydrogens is 296 g/mol. The summed E-state index contributed by atoms with van der Waals surface area (Å²) in [5.74, 6) is 5.64. The van der Waals surface area contributed by atoms with Crippen molar-refractivity contribution in [3.8, 4) is 0 Å². The molecule has 1 aromatic heterocycles. The summed E-state index contributed by atoms with van der Waals surface area (Å²) in [6.45, 7) is 6.90. The van der Waals surface area contributed by atoms with Crippen LogP contribution in [0.5, 0.6) is 0 Å². The highest BCUT2D eigenvalue weighted by Gasteiger charge is 2.21. The third-order valence-corrected chi connectivity index (χ3v) is 2.71. The fourth-order valence-electron chi connectivity index (χ4n) is 1.71. The van der Waals surface area contributed by atoms with Gasteiger partial charge in [0.15, 0.2) is 5.82 Å². The molecule has 0 saturated heterocycles. The van der Waals surface area contributed by atoms with Crippen LogP contribution >= 0.6 is 15.9 Å². The van der Waals surface area contributed by atoms with Crippen molar-refractivity contribution in [2.75, 3.05) is 19.0 Å². The van der Waals surface area contributed by atoms with Crippen LogP contribution in [-0.2, 0) is 0 Å². The maximum absolute atomic E-state index is 12.3. The zero-order chi connectivity index (χ0) is 13.9. The van der Waals surface area contributed by atoms with E-state index < -0.39 is 0 Å². The minimum Gasteiger partial charge on any atom is -0.341 e. The molecule has 0 unspecified atom stereocenters. The second kappa shape index (κ2) is 5.67. The van der Waals surface area contributed by atoms with E-state index in [4.69, 9.17) is 5.84 Å². The maximum atomic E-state index is 12.3. The molecule has 1 heterocycles. The van der Waals surface area contributed by atoms with Crippen LogP contribution in [0, 0.1) is 5.41 Å². The van der Waals surface area contributed by atoms with Gasteiger partial charge in [0.1, 0.15) is 0 Å². The van der Waals surface area contributed by atoms with Crippen molar-refractivity contribution in [1.82, 2.24) is 9.88 Å². The molecular formula is C12H19BrN4O. The van der Waals surface area contributed by atoms with Crippen molar-refractivity contribution < 1.29 is 4.79 Å². The largest absolute Gasteiger partial charge is 0.341 e. The lowest BCUT2D eigenvalue weighted by molar-refractivity contribution is 0.0746. The minimum absolute atomic E-state index is 0.0418. The van der Waals surface area contributed by atoms with Gasteiger partial charge in [-0.25, -0.2) is 10.8 Å². The van der Waals surface area contributed by atoms with Crippen molar-refractivity contribution in [3.05, 3.63) is 22.3 Å². The van der Waals surface area contributed by atoms with Gasteiger partial charge in [-0.05, 0) is 27.4 Å². The number of amides is 1. The first-order chi connectivity index (χ1) is 8.24. The number of aromatic nitrogens is 1. The molecule has 100 valence electrons. The number of hydrogen-bond donors (Lipinski definition) is 2. The maximum Gasteiger partial charge on any atom is 0.257 e. The summed E-state index contributed by atoms with van der Waals surface area (Å²) in [5.41, 5.74) is 2.94. The summed E-state index contributed by atoms with van der Waals surface area (Å²) in [4.78, 5) is 18.1. The van der Waals surface area contributed by atoms with Crippen LogP contribution in [-0.4, -0.2) is 29.4 Å². The molecule has 0 atom stereocenters. The van der Waals surface area contributed by atoms with Gasteiger partial charge < -0.3 is 10.3 Å². The molecule has 1 aromatic rings. The molecule has 0 aromatic carbocycles. The average molecular weight is 315 g/mol. The molecule has 0 saturated carbocycles. The van der Waals surface area contributed by atoms with E-state index in [0.29, 0.717) is 17.9 Å². The number of nitrogen functional groups attached to an aromatic ring is 1. The molecule has 5 nitrogen and oxygen atoms in total. The van der Waals surface area contributed by atoms with Gasteiger partial charge in [-0.1, -0.05) is 20.8 Å². The van der Waals surface area contributed by atoms with Crippen LogP contribution in [0.25, 0.3) is 0 Å². The van der Waals surface area contributed by atoms with Crippen LogP contribution < -0.4 is 11.3 Å². The molecule has 0 spiro atoms. The van der Waals surface area contributed by atoms with Crippen LogP contribution in [0.3, 0.4) is 0 Å². The monoisotopic (exact) mass is 314 g/mol. The lowest BCUT2D eigenvalue weighted by Crippen LogP contribution is -2.35. The summed E-state index contributed by atoms with van der Waals surface area (Å²) in [5, 5.41) is 0. The van der Waals surface area contributed by atoms with E-state index in [1.165, 1.54) is 0 Å². The number of carbonyl (C=O) groups is 1. The second-order valence-corrected chi connectivity index (χ2v) is 6.33. The first-order valence-electron chi connectivity index (χ1n) is 5.62. The van der Waals surface area contributed by atoms with Gasteiger partial charge in [0.25, 0.3) is 5.91 Å². The van der Waals surface area contributed by atoms with Crippen LogP contribution in [0.1, 0.15) is 31.1 Å². The number of nitrogens with one attached hydrogen (secondary N) is 1. The average Bonchev–Trinajstić information content (AvgIpc) is 2.25. The summed E-state index contributed by atoms with van der Waals surface area (Å²) in [6.07, 6.45) is 1.59. The Morgan fingerprint density at radius 1 is 1.56 bits per heavy atom. The normalized spacial score (nSPS) is 11.2. The topological polar surface area (TPSA) is 71.2 Å². The highest BCUT2D eigenvalue weighted by atomic mass is 79.9. The molecule has 6 heteroatoms. The van der Waals surface area contributed by atoms with Crippen LogP contribution in [0.4, 0.5) is 5.82 Å². The fraction of sp³-hybridized carbons (Fsp3) is 0.500. The van der Waals surface area contributed by atoms with Crippen molar-refractivity contribution in [2.24, 2.45) is 11.3 Å². The number of halogens is 1. The van der Waals surface area contributed by atoms with Gasteiger partial charge in [-0.15, -0.1) is 0 Å². The highest BCUT2D eigenvalue weighted by Crippen LogP contribution is 2.21. The summed E-state index contributed by atoms with van der Waals surface area (Å²) in [7, 11) is 1.77. The highest BCUT2D eigenvalue weighted by molar-refractivity contribution is 9.10. The molecule has 1 rings (SSSR count). The van der Waals surface area contributed by atoms with Crippen LogP contribution in [0.15, 0.2) is 16.7 Å². The predicted molar refractivity (Wildman–Crippen MR) is 76.2 cm³/mol. The SMILES string of the molecule is CN(CC(C)(C)C)C(=O)c1cc(Br)cnc1NN. The Kier molecular flexibility index (Phi) is 4.70. The van der Waals surface area contributed by atoms with Crippen LogP contribution in [0.2, 0.25) is 0 Å². The van der Waals surface area contributed by atoms with E-state index in [0.717, 1.165) is 4.47 Å². The second-order valence-electron chi connectivity index (χ2n) is 5.42. The van der Waals surface area contributed by atoms with Gasteiger partial charge >= 0.3 is 0 Å². The lowest BCUT2D eigenvalue weighted by Gasteiger charge is -2.27. The molecule has 0 aliphatic rings. The summed E-state index contributed by atoms with van der Waals surface area (Å²) in [6, 6.07) is 1.71. The van der Waals surface area contributed by atoms with E-state index in [9.17, 15) is 4.79 Å². The molecule has 0 bridgehead atoms. The van der Waals surface area contributed by atoms with Crippen molar-refractivity contribution >= 4 is 27.7 Å². The number of hydrogen-bond acceptors (Lipinski definition) is 4. The smallest absolute Gasteiger partial charge is 0.257 e. The van der Waals surface area contributed by atoms with Crippen molar-refractivity contribution in [1.29, 1.82) is 0 Å². The number of anilines is 1. The number of nitrogens with two attached hydrogens (primary N) is 1. The quantitative estimate of drug-likeness (QED) is 0.663. The third-order valence-electron chi connectivity index (χ3n) is 2.28. The van der Waals surface area contributed by atoms with E-state index in [1.807, 2.05) is 0 Å². The predicted octanol–water partition coefficient (Wildman–Crippen LogP) is 2.25. The first-order valence-corrected chi connectivity index (χ1v) is 6.41. The lowest BCUT2D eigenvalue weighted by atomic mass is 9.96. The van der Waals surface area contributed by atoms with E-state index in [1.54, 1.807) is 24.2 Å². The van der Waals surface area contributed by atoms with Gasteiger partial charge in [-0.2, -0.15) is 0 Å². The molecule has 0 aliphatic heterocycles. The number of nitrogens with zero attached hydrogens (tertiary/aromatic N) is 2. The minimum atomic E-state index is -0.105. The zero-order valence-electron chi connectivity index (χ0n) is 11.1. The van der Waals surface area contributed by atoms with Crippen molar-refractivity contribution in [3.63, 3.8) is 0 Å². The van der Waals surface area contributed by atoms with Crippen molar-refractivity contribution in [2.45, 2.75) is 20.8 Å². The molecule has 18 heavy (non-hydrogen) atoms. The van der Waals surface area contributed by atoms with Gasteiger partial charge in [0.05, 0.1) is 5.56 Å². The summed E-state index contributed by atoms with van der Waals surface area (Å²) < 4.78 is 0.744. The Hall–Kier alpha value is -1.14. The zero-order valence-corrected chi connectivity index (χ0v) is 12.7. The first kappa shape index (κ1) is 14.9. The Morgan fingerprint density at radius 2 is 2.17 bits per heavy atom. The Bertz CT molecular complexity index is 442. The Labute approximate surface area is 116 Å². The molecule has 0 aliphatic carbocycles. The van der Waals surface area contributed by atoms with Gasteiger partial charge in [0.2, 0.25) is 0 Å². The fourth-order valence-corrected chi connectivity index (χ4v) is 2.04. The molecule has 1 amide bonds. The molecule has 0 radical (unpaired) electrons.